The van der Waals surface area contributed by atoms with Crippen LogP contribution in [0.1, 0.15) is 23.9 Å². The van der Waals surface area contributed by atoms with Crippen LogP contribution in [-0.4, -0.2) is 37.1 Å². The van der Waals surface area contributed by atoms with Crippen LogP contribution in [0.2, 0.25) is 0 Å². The van der Waals surface area contributed by atoms with Crippen LogP contribution in [0.5, 0.6) is 11.5 Å². The van der Waals surface area contributed by atoms with E-state index in [-0.39, 0.29) is 5.56 Å². The fourth-order valence-corrected chi connectivity index (χ4v) is 3.34. The average Bonchev–Trinajstić information content (AvgIpc) is 2.73. The minimum atomic E-state index is -0.292. The quantitative estimate of drug-likeness (QED) is 0.410. The number of aromatic nitrogens is 2. The molecule has 30 heavy (non-hydrogen) atoms. The Morgan fingerprint density at radius 1 is 1.20 bits per heavy atom. The third kappa shape index (κ3) is 4.60. The van der Waals surface area contributed by atoms with Gasteiger partial charge in [-0.3, -0.25) is 9.79 Å². The zero-order valence-electron chi connectivity index (χ0n) is 17.9. The van der Waals surface area contributed by atoms with E-state index in [1.165, 1.54) is 0 Å². The molecule has 0 saturated carbocycles. The highest BCUT2D eigenvalue weighted by Gasteiger charge is 2.15. The maximum absolute atomic E-state index is 12.6. The van der Waals surface area contributed by atoms with E-state index in [4.69, 9.17) is 9.47 Å². The first-order valence-electron chi connectivity index (χ1n) is 9.61. The summed E-state index contributed by atoms with van der Waals surface area (Å²) in [7, 11) is 4.87. The molecule has 0 aliphatic heterocycles. The summed E-state index contributed by atoms with van der Waals surface area (Å²) in [5.41, 5.74) is 3.16. The van der Waals surface area contributed by atoms with Gasteiger partial charge in [0, 0.05) is 30.9 Å². The van der Waals surface area contributed by atoms with E-state index in [1.807, 2.05) is 32.0 Å². The number of H-pyrrole nitrogens is 1. The predicted molar refractivity (Wildman–Crippen MR) is 120 cm³/mol. The summed E-state index contributed by atoms with van der Waals surface area (Å²) < 4.78 is 10.8. The fraction of sp³-hybridized carbons (Fsp3) is 0.318. The molecular formula is C22H27N5O3. The highest BCUT2D eigenvalue weighted by atomic mass is 16.5. The molecule has 8 heteroatoms. The van der Waals surface area contributed by atoms with Crippen molar-refractivity contribution in [3.8, 4) is 11.5 Å². The lowest BCUT2D eigenvalue weighted by Gasteiger charge is -2.13. The smallest absolute Gasteiger partial charge is 0.281 e. The van der Waals surface area contributed by atoms with Gasteiger partial charge in [0.25, 0.3) is 5.56 Å². The van der Waals surface area contributed by atoms with Crippen LogP contribution in [0.3, 0.4) is 0 Å². The lowest BCUT2D eigenvalue weighted by molar-refractivity contribution is 0.354. The second kappa shape index (κ2) is 9.41. The molecular weight excluding hydrogens is 382 g/mol. The summed E-state index contributed by atoms with van der Waals surface area (Å²) in [5.74, 6) is 2.52. The van der Waals surface area contributed by atoms with Crippen molar-refractivity contribution in [2.24, 2.45) is 4.99 Å². The van der Waals surface area contributed by atoms with Gasteiger partial charge in [-0.05, 0) is 31.5 Å². The third-order valence-electron chi connectivity index (χ3n) is 4.85. The number of aryl methyl sites for hydroxylation is 1. The second-order valence-corrected chi connectivity index (χ2v) is 6.89. The largest absolute Gasteiger partial charge is 0.493 e. The van der Waals surface area contributed by atoms with Gasteiger partial charge in [0.15, 0.2) is 11.5 Å². The van der Waals surface area contributed by atoms with Crippen LogP contribution in [0.4, 0.5) is 5.69 Å². The number of benzene rings is 2. The summed E-state index contributed by atoms with van der Waals surface area (Å²) in [6, 6.07) is 9.83. The highest BCUT2D eigenvalue weighted by molar-refractivity contribution is 5.93. The van der Waals surface area contributed by atoms with Crippen LogP contribution in [-0.2, 0) is 13.1 Å². The average molecular weight is 409 g/mol. The topological polar surface area (TPSA) is 101 Å². The number of nitrogens with one attached hydrogen (secondary N) is 3. The molecule has 0 fully saturated rings. The maximum Gasteiger partial charge on any atom is 0.281 e. The summed E-state index contributed by atoms with van der Waals surface area (Å²) >= 11 is 0. The maximum atomic E-state index is 12.6. The molecule has 8 nitrogen and oxygen atoms in total. The van der Waals surface area contributed by atoms with Crippen LogP contribution >= 0.6 is 0 Å². The molecule has 1 heterocycles. The van der Waals surface area contributed by atoms with Gasteiger partial charge in [0.1, 0.15) is 5.82 Å². The molecule has 0 aliphatic rings. The number of hydrogen-bond acceptors (Lipinski definition) is 6. The normalized spacial score (nSPS) is 11.6. The molecule has 0 spiro atoms. The molecule has 0 unspecified atom stereocenters. The Kier molecular flexibility index (Phi) is 6.68. The minimum Gasteiger partial charge on any atom is -0.493 e. The van der Waals surface area contributed by atoms with Gasteiger partial charge in [-0.25, -0.2) is 0 Å². The number of aliphatic imine (C=N–C) groups is 1. The molecule has 1 aromatic heterocycles. The van der Waals surface area contributed by atoms with Crippen molar-refractivity contribution in [1.82, 2.24) is 15.3 Å². The first-order chi connectivity index (χ1) is 14.5. The summed E-state index contributed by atoms with van der Waals surface area (Å²) in [5, 5.41) is 7.06. The zero-order chi connectivity index (χ0) is 21.7. The molecule has 3 N–H and O–H groups in total. The number of methoxy groups -OCH3 is 2. The Morgan fingerprint density at radius 2 is 2.00 bits per heavy atom. The Morgan fingerprint density at radius 3 is 2.70 bits per heavy atom. The molecule has 0 amide bonds. The summed E-state index contributed by atoms with van der Waals surface area (Å²) in [6.45, 7) is 4.79. The van der Waals surface area contributed by atoms with Gasteiger partial charge >= 0.3 is 0 Å². The van der Waals surface area contributed by atoms with Crippen molar-refractivity contribution in [2.45, 2.75) is 26.9 Å². The van der Waals surface area contributed by atoms with Gasteiger partial charge in [-0.1, -0.05) is 12.1 Å². The highest BCUT2D eigenvalue weighted by Crippen LogP contribution is 2.34. The Balaban J connectivity index is 1.77. The van der Waals surface area contributed by atoms with Crippen LogP contribution < -0.4 is 25.7 Å². The van der Waals surface area contributed by atoms with Gasteiger partial charge in [0.2, 0.25) is 0 Å². The molecule has 3 rings (SSSR count). The SMILES string of the molecule is C/N=C(\C)Nc1cccc(CNCc2nc(=O)c3c(C)c(OC)c(OC)cc3[nH]2)c1. The van der Waals surface area contributed by atoms with Crippen molar-refractivity contribution in [3.05, 3.63) is 57.6 Å². The molecule has 0 atom stereocenters. The number of nitrogens with zero attached hydrogens (tertiary/aromatic N) is 2. The van der Waals surface area contributed by atoms with E-state index in [0.29, 0.717) is 46.9 Å². The number of hydrogen-bond donors (Lipinski definition) is 3. The van der Waals surface area contributed by atoms with Crippen molar-refractivity contribution < 1.29 is 9.47 Å². The molecule has 2 aromatic carbocycles. The molecule has 3 aromatic rings. The number of amidine groups is 1. The zero-order valence-corrected chi connectivity index (χ0v) is 17.9. The van der Waals surface area contributed by atoms with Gasteiger partial charge in [0.05, 0.1) is 37.5 Å². The lowest BCUT2D eigenvalue weighted by atomic mass is 10.1. The monoisotopic (exact) mass is 409 g/mol. The van der Waals surface area contributed by atoms with Crippen molar-refractivity contribution in [3.63, 3.8) is 0 Å². The van der Waals surface area contributed by atoms with Crippen LogP contribution in [0.15, 0.2) is 40.1 Å². The van der Waals surface area contributed by atoms with Gasteiger partial charge in [-0.2, -0.15) is 4.98 Å². The van der Waals surface area contributed by atoms with Crippen LogP contribution in [0, 0.1) is 6.92 Å². The second-order valence-electron chi connectivity index (χ2n) is 6.89. The van der Waals surface area contributed by atoms with Crippen molar-refractivity contribution in [1.29, 1.82) is 0 Å². The van der Waals surface area contributed by atoms with E-state index in [0.717, 1.165) is 17.1 Å². The number of rotatable bonds is 7. The van der Waals surface area contributed by atoms with E-state index in [1.54, 1.807) is 27.3 Å². The number of fused-ring (bicyclic) bond motifs is 1. The molecule has 0 bridgehead atoms. The number of ether oxygens (including phenoxy) is 2. The fourth-order valence-electron chi connectivity index (χ4n) is 3.34. The summed E-state index contributed by atoms with van der Waals surface area (Å²) in [6.07, 6.45) is 0. The molecule has 158 valence electrons. The van der Waals surface area contributed by atoms with Gasteiger partial charge in [-0.15, -0.1) is 0 Å². The van der Waals surface area contributed by atoms with Crippen LogP contribution in [0.25, 0.3) is 10.9 Å². The standard InChI is InChI=1S/C22H27N5O3/c1-13-20-17(10-18(29-4)21(13)30-5)26-19(27-22(20)28)12-24-11-15-7-6-8-16(9-15)25-14(2)23-3/h6-10,24H,11-12H2,1-5H3,(H,23,25)(H,26,27,28). The Labute approximate surface area is 175 Å². The van der Waals surface area contributed by atoms with E-state index in [2.05, 4.69) is 31.7 Å². The third-order valence-corrected chi connectivity index (χ3v) is 4.85. The van der Waals surface area contributed by atoms with E-state index < -0.39 is 0 Å². The minimum absolute atomic E-state index is 0.292. The number of aromatic amines is 1. The Hall–Kier alpha value is -3.39. The summed E-state index contributed by atoms with van der Waals surface area (Å²) in [4.78, 5) is 24.2. The first kappa shape index (κ1) is 21.3. The lowest BCUT2D eigenvalue weighted by Crippen LogP contribution is -2.20. The van der Waals surface area contributed by atoms with Gasteiger partial charge < -0.3 is 25.1 Å². The first-order valence-corrected chi connectivity index (χ1v) is 9.61. The molecule has 0 radical (unpaired) electrons. The number of anilines is 1. The predicted octanol–water partition coefficient (Wildman–Crippen LogP) is 3.00. The van der Waals surface area contributed by atoms with Crippen molar-refractivity contribution in [2.75, 3.05) is 26.6 Å². The Bertz CT molecular complexity index is 1140. The van der Waals surface area contributed by atoms with E-state index >= 15 is 0 Å². The van der Waals surface area contributed by atoms with E-state index in [9.17, 15) is 4.79 Å². The van der Waals surface area contributed by atoms with Crippen molar-refractivity contribution >= 4 is 22.4 Å². The molecule has 0 saturated heterocycles. The molecule has 0 aliphatic carbocycles.